The van der Waals surface area contributed by atoms with E-state index in [9.17, 15) is 4.79 Å². The van der Waals surface area contributed by atoms with Crippen LogP contribution in [0.1, 0.15) is 24.8 Å². The first kappa shape index (κ1) is 15.6. The number of aromatic nitrogens is 1. The van der Waals surface area contributed by atoms with Crippen LogP contribution >= 0.6 is 0 Å². The van der Waals surface area contributed by atoms with Crippen molar-refractivity contribution in [2.75, 3.05) is 5.32 Å². The number of urea groups is 1. The van der Waals surface area contributed by atoms with E-state index in [0.717, 1.165) is 41.8 Å². The van der Waals surface area contributed by atoms with Gasteiger partial charge >= 0.3 is 6.03 Å². The third kappa shape index (κ3) is 2.85. The Morgan fingerprint density at radius 2 is 2.04 bits per heavy atom. The summed E-state index contributed by atoms with van der Waals surface area (Å²) in [5.41, 5.74) is 3.81. The number of piperidine rings is 1. The minimum absolute atomic E-state index is 0.0616. The number of hydrogen-bond donors (Lipinski definition) is 1. The van der Waals surface area contributed by atoms with Crippen LogP contribution in [0.15, 0.2) is 42.6 Å². The lowest BCUT2D eigenvalue weighted by Crippen LogP contribution is -2.63. The predicted octanol–water partition coefficient (Wildman–Crippen LogP) is 3.97. The number of carbonyl (C=O) groups is 1. The van der Waals surface area contributed by atoms with Gasteiger partial charge in [-0.05, 0) is 56.0 Å². The van der Waals surface area contributed by atoms with E-state index < -0.39 is 0 Å². The highest BCUT2D eigenvalue weighted by Crippen LogP contribution is 2.41. The number of fused-ring (bicyclic) bond motifs is 2. The van der Waals surface area contributed by atoms with Crippen LogP contribution in [0.3, 0.4) is 0 Å². The summed E-state index contributed by atoms with van der Waals surface area (Å²) in [6.07, 6.45) is 4.40. The van der Waals surface area contributed by atoms with Crippen molar-refractivity contribution in [3.05, 3.63) is 48.2 Å². The standard InChI is InChI=1S/C20H20N4O/c1-13-5-6-15(10-18(13)19-4-2-3-7-22-19)23-20(25)24-16-8-14(12-21)9-17(24)11-16/h2-7,10,14,16-17H,8-9,11H2,1H3,(H,23,25)/t14?,16-,17?/m0/s1. The molecule has 3 heterocycles. The highest BCUT2D eigenvalue weighted by Gasteiger charge is 2.47. The van der Waals surface area contributed by atoms with Crippen molar-refractivity contribution in [1.82, 2.24) is 9.88 Å². The van der Waals surface area contributed by atoms with E-state index >= 15 is 0 Å². The average Bonchev–Trinajstić information content (AvgIpc) is 2.64. The molecule has 2 aromatic rings. The third-order valence-corrected chi connectivity index (χ3v) is 5.29. The Bertz CT molecular complexity index is 831. The van der Waals surface area contributed by atoms with Crippen LogP contribution in [0.4, 0.5) is 10.5 Å². The van der Waals surface area contributed by atoms with Crippen molar-refractivity contribution in [3.63, 3.8) is 0 Å². The van der Waals surface area contributed by atoms with Gasteiger partial charge in [-0.1, -0.05) is 12.1 Å². The number of nitrogens with one attached hydrogen (secondary N) is 1. The first-order valence-corrected chi connectivity index (χ1v) is 8.66. The zero-order valence-electron chi connectivity index (χ0n) is 14.1. The summed E-state index contributed by atoms with van der Waals surface area (Å²) in [5, 5.41) is 12.1. The zero-order valence-corrected chi connectivity index (χ0v) is 14.1. The van der Waals surface area contributed by atoms with Crippen molar-refractivity contribution in [3.8, 4) is 17.3 Å². The van der Waals surface area contributed by atoms with Crippen LogP contribution in [0.5, 0.6) is 0 Å². The van der Waals surface area contributed by atoms with E-state index in [1.807, 2.05) is 48.2 Å². The fourth-order valence-electron chi connectivity index (χ4n) is 4.00. The first-order valence-electron chi connectivity index (χ1n) is 8.66. The van der Waals surface area contributed by atoms with Gasteiger partial charge < -0.3 is 10.2 Å². The van der Waals surface area contributed by atoms with Crippen LogP contribution in [0.25, 0.3) is 11.3 Å². The third-order valence-electron chi connectivity index (χ3n) is 5.29. The Morgan fingerprint density at radius 3 is 2.72 bits per heavy atom. The molecule has 2 aliphatic heterocycles. The summed E-state index contributed by atoms with van der Waals surface area (Å²) in [4.78, 5) is 19.0. The van der Waals surface area contributed by atoms with E-state index in [2.05, 4.69) is 16.4 Å². The second-order valence-corrected chi connectivity index (χ2v) is 6.92. The molecule has 126 valence electrons. The van der Waals surface area contributed by atoms with Crippen LogP contribution in [-0.4, -0.2) is 28.0 Å². The Kier molecular flexibility index (Phi) is 3.89. The Hall–Kier alpha value is -2.87. The number of hydrogen-bond acceptors (Lipinski definition) is 3. The molecule has 2 unspecified atom stereocenters. The van der Waals surface area contributed by atoms with Crippen molar-refractivity contribution in [2.24, 2.45) is 5.92 Å². The highest BCUT2D eigenvalue weighted by atomic mass is 16.2. The normalized spacial score (nSPS) is 24.2. The smallest absolute Gasteiger partial charge is 0.318 e. The molecule has 2 bridgehead atoms. The monoisotopic (exact) mass is 332 g/mol. The lowest BCUT2D eigenvalue weighted by atomic mass is 9.74. The van der Waals surface area contributed by atoms with Crippen LogP contribution in [0.2, 0.25) is 0 Å². The van der Waals surface area contributed by atoms with Crippen LogP contribution < -0.4 is 5.32 Å². The lowest BCUT2D eigenvalue weighted by molar-refractivity contribution is 0.00171. The summed E-state index contributed by atoms with van der Waals surface area (Å²) < 4.78 is 0. The fourth-order valence-corrected chi connectivity index (χ4v) is 4.00. The van der Waals surface area contributed by atoms with E-state index in [-0.39, 0.29) is 24.0 Å². The molecule has 0 aliphatic carbocycles. The molecule has 2 aliphatic rings. The molecule has 0 spiro atoms. The largest absolute Gasteiger partial charge is 0.322 e. The molecule has 3 atom stereocenters. The molecular weight excluding hydrogens is 312 g/mol. The Balaban J connectivity index is 1.51. The first-order chi connectivity index (χ1) is 12.2. The molecule has 0 saturated carbocycles. The van der Waals surface area contributed by atoms with Gasteiger partial charge in [0.25, 0.3) is 0 Å². The number of aryl methyl sites for hydroxylation is 1. The number of benzene rings is 1. The molecular formula is C20H20N4O. The maximum absolute atomic E-state index is 12.7. The zero-order chi connectivity index (χ0) is 17.4. The van der Waals surface area contributed by atoms with Crippen molar-refractivity contribution in [2.45, 2.75) is 38.3 Å². The quantitative estimate of drug-likeness (QED) is 0.905. The summed E-state index contributed by atoms with van der Waals surface area (Å²) in [6.45, 7) is 2.04. The average molecular weight is 332 g/mol. The Labute approximate surface area is 147 Å². The molecule has 5 nitrogen and oxygen atoms in total. The molecule has 1 aromatic heterocycles. The number of carbonyl (C=O) groups excluding carboxylic acids is 1. The van der Waals surface area contributed by atoms with Gasteiger partial charge in [-0.25, -0.2) is 4.79 Å². The summed E-state index contributed by atoms with van der Waals surface area (Å²) in [6, 6.07) is 14.4. The van der Waals surface area contributed by atoms with Gasteiger partial charge in [0.1, 0.15) is 0 Å². The Morgan fingerprint density at radius 1 is 1.24 bits per heavy atom. The number of pyridine rings is 1. The fraction of sp³-hybridized carbons (Fsp3) is 0.350. The van der Waals surface area contributed by atoms with Gasteiger partial charge in [0.15, 0.2) is 0 Å². The van der Waals surface area contributed by atoms with Gasteiger partial charge in [0.05, 0.1) is 17.7 Å². The van der Waals surface area contributed by atoms with Gasteiger partial charge in [-0.2, -0.15) is 5.26 Å². The number of rotatable bonds is 2. The molecule has 2 saturated heterocycles. The van der Waals surface area contributed by atoms with Crippen LogP contribution in [-0.2, 0) is 0 Å². The SMILES string of the molecule is Cc1ccc(NC(=O)N2C3CC(C#N)C[C@H]2C3)cc1-c1ccccn1. The molecule has 25 heavy (non-hydrogen) atoms. The maximum Gasteiger partial charge on any atom is 0.322 e. The maximum atomic E-state index is 12.7. The van der Waals surface area contributed by atoms with Crippen molar-refractivity contribution < 1.29 is 4.79 Å². The molecule has 2 amide bonds. The summed E-state index contributed by atoms with van der Waals surface area (Å²) >= 11 is 0. The number of nitrogens with zero attached hydrogens (tertiary/aromatic N) is 3. The van der Waals surface area contributed by atoms with Gasteiger partial charge in [0.2, 0.25) is 0 Å². The van der Waals surface area contributed by atoms with Gasteiger partial charge in [-0.3, -0.25) is 4.98 Å². The molecule has 2 fully saturated rings. The highest BCUT2D eigenvalue weighted by molar-refractivity contribution is 5.91. The van der Waals surface area contributed by atoms with Gasteiger partial charge in [-0.15, -0.1) is 0 Å². The van der Waals surface area contributed by atoms with E-state index in [1.54, 1.807) is 6.20 Å². The second kappa shape index (κ2) is 6.21. The number of amides is 2. The number of nitriles is 1. The predicted molar refractivity (Wildman–Crippen MR) is 95.8 cm³/mol. The topological polar surface area (TPSA) is 69.0 Å². The van der Waals surface area contributed by atoms with E-state index in [1.165, 1.54) is 0 Å². The van der Waals surface area contributed by atoms with Crippen molar-refractivity contribution >= 4 is 11.7 Å². The van der Waals surface area contributed by atoms with E-state index in [4.69, 9.17) is 5.26 Å². The molecule has 1 aromatic carbocycles. The number of anilines is 1. The minimum atomic E-state index is -0.0616. The van der Waals surface area contributed by atoms with Crippen molar-refractivity contribution in [1.29, 1.82) is 5.26 Å². The van der Waals surface area contributed by atoms with E-state index in [0.29, 0.717) is 0 Å². The van der Waals surface area contributed by atoms with Gasteiger partial charge in [0, 0.05) is 29.5 Å². The molecule has 5 heteroatoms. The lowest BCUT2D eigenvalue weighted by Gasteiger charge is -2.53. The summed E-state index contributed by atoms with van der Waals surface area (Å²) in [7, 11) is 0. The second-order valence-electron chi connectivity index (χ2n) is 6.92. The van der Waals surface area contributed by atoms with Crippen LogP contribution in [0, 0.1) is 24.2 Å². The molecule has 0 radical (unpaired) electrons. The molecule has 1 N–H and O–H groups in total. The minimum Gasteiger partial charge on any atom is -0.318 e. The molecule has 4 rings (SSSR count). The summed E-state index contributed by atoms with van der Waals surface area (Å²) in [5.74, 6) is 0.0999.